The van der Waals surface area contributed by atoms with Crippen LogP contribution in [-0.2, 0) is 40.0 Å². The van der Waals surface area contributed by atoms with Crippen molar-refractivity contribution < 1.29 is 38.6 Å². The number of nitrogens with one attached hydrogen (secondary N) is 4. The maximum absolute atomic E-state index is 14.0. The number of aryl methyl sites for hydroxylation is 2. The lowest BCUT2D eigenvalue weighted by Gasteiger charge is -2.35. The van der Waals surface area contributed by atoms with Gasteiger partial charge in [0.15, 0.2) is 5.82 Å². The Morgan fingerprint density at radius 3 is 2.16 bits per heavy atom. The number of carbonyl (C=O) groups is 5. The van der Waals surface area contributed by atoms with Crippen molar-refractivity contribution in [3.63, 3.8) is 0 Å². The molecule has 2 unspecified atom stereocenters. The van der Waals surface area contributed by atoms with E-state index in [-0.39, 0.29) is 101 Å². The van der Waals surface area contributed by atoms with Crippen molar-refractivity contribution in [2.45, 2.75) is 117 Å². The molecule has 2 aromatic heterocycles. The fourth-order valence-corrected chi connectivity index (χ4v) is 11.6. The number of aliphatic imine (C=N–C) groups is 1. The highest BCUT2D eigenvalue weighted by molar-refractivity contribution is 8.03. The van der Waals surface area contributed by atoms with Crippen LogP contribution in [0, 0.1) is 25.2 Å². The van der Waals surface area contributed by atoms with Gasteiger partial charge in [0, 0.05) is 50.5 Å². The van der Waals surface area contributed by atoms with Gasteiger partial charge in [-0.05, 0) is 73.3 Å². The first-order valence-electron chi connectivity index (χ1n) is 24.7. The molecule has 0 saturated carbocycles. The van der Waals surface area contributed by atoms with Gasteiger partial charge in [-0.1, -0.05) is 74.3 Å². The Hall–Kier alpha value is -5.51. The topological polar surface area (TPSA) is 231 Å². The maximum atomic E-state index is 14.0. The number of nitrogens with zero attached hydrogens (tertiary/aromatic N) is 6. The lowest BCUT2D eigenvalue weighted by atomic mass is 9.85. The van der Waals surface area contributed by atoms with Gasteiger partial charge in [0.05, 0.1) is 72.0 Å². The maximum Gasteiger partial charge on any atom is 0.246 e. The van der Waals surface area contributed by atoms with Crippen molar-refractivity contribution in [2.75, 3.05) is 46.1 Å². The second kappa shape index (κ2) is 25.1. The summed E-state index contributed by atoms with van der Waals surface area (Å²) in [6, 6.07) is 13.1. The number of halogens is 1. The van der Waals surface area contributed by atoms with Gasteiger partial charge in [-0.2, -0.15) is 0 Å². The molecule has 0 aliphatic carbocycles. The van der Waals surface area contributed by atoms with E-state index in [4.69, 9.17) is 26.1 Å². The molecule has 2 aromatic carbocycles. The first-order valence-corrected chi connectivity index (χ1v) is 26.9. The summed E-state index contributed by atoms with van der Waals surface area (Å²) in [7, 11) is 0. The van der Waals surface area contributed by atoms with Crippen molar-refractivity contribution in [1.29, 1.82) is 0 Å². The van der Waals surface area contributed by atoms with Crippen LogP contribution in [0.1, 0.15) is 107 Å². The first kappa shape index (κ1) is 55.2. The quantitative estimate of drug-likeness (QED) is 0.0571. The van der Waals surface area contributed by atoms with E-state index in [2.05, 4.69) is 54.9 Å². The number of hydrogen-bond donors (Lipinski definition) is 5. The fraction of sp³-hybridized carbons (Fsp3) is 0.519. The van der Waals surface area contributed by atoms with Crippen LogP contribution in [0.15, 0.2) is 69.5 Å². The Bertz CT molecular complexity index is 2670. The summed E-state index contributed by atoms with van der Waals surface area (Å²) in [6.07, 6.45) is -0.363. The Morgan fingerprint density at radius 1 is 0.849 bits per heavy atom. The number of likely N-dealkylation sites (tertiary alicyclic amines) is 1. The number of benzene rings is 2. The Balaban J connectivity index is 0.764. The number of allylic oxidation sites excluding steroid dienone is 2. The fourth-order valence-electron chi connectivity index (χ4n) is 9.17. The zero-order chi connectivity index (χ0) is 52.4. The number of fused-ring (bicyclic) bond motifs is 3. The molecular formula is C52H67ClN10O8S2. The predicted octanol–water partition coefficient (Wildman–Crippen LogP) is 6.01. The van der Waals surface area contributed by atoms with Crippen LogP contribution < -0.4 is 21.3 Å². The smallest absolute Gasteiger partial charge is 0.246 e. The molecule has 73 heavy (non-hydrogen) atoms. The number of hydrogen-bond acceptors (Lipinski definition) is 14. The van der Waals surface area contributed by atoms with Gasteiger partial charge in [0.25, 0.3) is 0 Å². The number of aromatic nitrogens is 4. The first-order chi connectivity index (χ1) is 34.9. The zero-order valence-corrected chi connectivity index (χ0v) is 44.9. The minimum atomic E-state index is -0.973. The highest BCUT2D eigenvalue weighted by Crippen LogP contribution is 2.53. The molecule has 5 amide bonds. The number of aliphatic hydroxyl groups excluding tert-OH is 1. The van der Waals surface area contributed by atoms with Gasteiger partial charge in [-0.3, -0.25) is 33.5 Å². The third kappa shape index (κ3) is 14.2. The molecule has 21 heteroatoms. The second-order valence-corrected chi connectivity index (χ2v) is 22.3. The number of amides is 5. The second-order valence-electron chi connectivity index (χ2n) is 19.7. The average molecular weight is 1060 g/mol. The summed E-state index contributed by atoms with van der Waals surface area (Å²) in [6.45, 7) is 15.5. The van der Waals surface area contributed by atoms with Crippen molar-refractivity contribution in [3.8, 4) is 10.4 Å². The molecule has 0 radical (unpaired) electrons. The number of ether oxygens (including phenoxy) is 2. The lowest BCUT2D eigenvalue weighted by molar-refractivity contribution is -0.144. The van der Waals surface area contributed by atoms with Gasteiger partial charge < -0.3 is 40.7 Å². The third-order valence-electron chi connectivity index (χ3n) is 13.2. The van der Waals surface area contributed by atoms with Gasteiger partial charge >= 0.3 is 0 Å². The summed E-state index contributed by atoms with van der Waals surface area (Å²) in [5.74, 6) is -0.255. The average Bonchev–Trinajstić information content (AvgIpc) is 4.12. The van der Waals surface area contributed by atoms with Gasteiger partial charge in [-0.15, -0.1) is 33.3 Å². The van der Waals surface area contributed by atoms with Crippen LogP contribution >= 0.6 is 34.7 Å². The van der Waals surface area contributed by atoms with Crippen LogP contribution in [0.3, 0.4) is 0 Å². The summed E-state index contributed by atoms with van der Waals surface area (Å²) in [4.78, 5) is 79.6. The van der Waals surface area contributed by atoms with E-state index in [9.17, 15) is 29.1 Å². The number of β-amino-alcohol motifs (C(OH)–C–C–N with tert-alkyl or cyclic N) is 1. The highest BCUT2D eigenvalue weighted by Gasteiger charge is 2.45. The zero-order valence-electron chi connectivity index (χ0n) is 42.5. The van der Waals surface area contributed by atoms with Crippen LogP contribution in [-0.4, -0.2) is 129 Å². The molecule has 0 bridgehead atoms. The SMILES string of the molecule is CC1=C(C)C2C(c3ccc(Cl)cc3)=N[C@@H](CC(=O)NCCOCCOCCNC(=O)CCCC(=O)N[C@H](C(=O)N3C[C@H](O)C[C@H]3C(=O)NCc3ccc(-c4scnc4C)cc3)C(C)(C)C)c3nnc(C)n3C2S1. The monoisotopic (exact) mass is 1060 g/mol. The van der Waals surface area contributed by atoms with E-state index in [0.29, 0.717) is 24.0 Å². The number of carbonyl (C=O) groups excluding carboxylic acids is 5. The summed E-state index contributed by atoms with van der Waals surface area (Å²) < 4.78 is 13.4. The van der Waals surface area contributed by atoms with Crippen molar-refractivity contribution >= 4 is 69.9 Å². The lowest BCUT2D eigenvalue weighted by Crippen LogP contribution is -2.57. The van der Waals surface area contributed by atoms with Crippen LogP contribution in [0.25, 0.3) is 10.4 Å². The Labute approximate surface area is 439 Å². The van der Waals surface area contributed by atoms with Crippen LogP contribution in [0.5, 0.6) is 0 Å². The number of aliphatic hydroxyl groups is 1. The minimum absolute atomic E-state index is 0.00908. The molecule has 5 N–H and O–H groups in total. The van der Waals surface area contributed by atoms with Gasteiger partial charge in [0.1, 0.15) is 23.9 Å². The van der Waals surface area contributed by atoms with Crippen molar-refractivity contribution in [2.24, 2.45) is 16.3 Å². The molecule has 392 valence electrons. The largest absolute Gasteiger partial charge is 0.391 e. The van der Waals surface area contributed by atoms with E-state index in [1.807, 2.05) is 83.1 Å². The van der Waals surface area contributed by atoms with Crippen molar-refractivity contribution in [1.82, 2.24) is 45.9 Å². The molecule has 0 spiro atoms. The van der Waals surface area contributed by atoms with Gasteiger partial charge in [0.2, 0.25) is 29.5 Å². The number of rotatable bonds is 22. The van der Waals surface area contributed by atoms with Crippen molar-refractivity contribution in [3.05, 3.63) is 98.0 Å². The molecule has 6 atom stereocenters. The molecule has 3 aliphatic heterocycles. The summed E-state index contributed by atoms with van der Waals surface area (Å²) >= 11 is 9.57. The Kier molecular flexibility index (Phi) is 19.0. The third-order valence-corrected chi connectivity index (χ3v) is 15.8. The molecule has 5 heterocycles. The van der Waals surface area contributed by atoms with E-state index >= 15 is 0 Å². The normalized spacial score (nSPS) is 19.9. The van der Waals surface area contributed by atoms with Gasteiger partial charge in [-0.25, -0.2) is 4.98 Å². The van der Waals surface area contributed by atoms with E-state index in [1.165, 1.54) is 15.4 Å². The molecular weight excluding hydrogens is 992 g/mol. The summed E-state index contributed by atoms with van der Waals surface area (Å²) in [5, 5.41) is 31.6. The minimum Gasteiger partial charge on any atom is -0.391 e. The Morgan fingerprint density at radius 2 is 1.51 bits per heavy atom. The molecule has 3 aliphatic rings. The van der Waals surface area contributed by atoms with E-state index in [1.54, 1.807) is 28.6 Å². The highest BCUT2D eigenvalue weighted by atomic mass is 35.5. The predicted molar refractivity (Wildman–Crippen MR) is 282 cm³/mol. The van der Waals surface area contributed by atoms with E-state index < -0.39 is 41.5 Å². The standard InChI is InChI=1S/C52H67ClN10O8S2/c1-30-32(3)73-51-44(30)45(35-15-17-37(53)18-16-35)58-39(48-61-60-33(4)63(48)51)26-43(67)55-20-22-71-24-23-70-21-19-54-41(65)9-8-10-42(66)59-47(52(5,6)7)50(69)62-28-38(64)25-40(62)49(68)56-27-34-11-13-36(14-12-34)46-31(2)57-29-72-46/h11-18,29,38-40,44,47,51,64H,8-10,19-28H2,1-7H3,(H,54,65)(H,55,67)(H,56,68)(H,59,66)/t38-,39+,40+,44?,47-,51?/m1/s1. The molecule has 1 saturated heterocycles. The van der Waals surface area contributed by atoms with Crippen LogP contribution in [0.4, 0.5) is 0 Å². The molecule has 7 rings (SSSR count). The summed E-state index contributed by atoms with van der Waals surface area (Å²) in [5.41, 5.74) is 7.05. The van der Waals surface area contributed by atoms with E-state index in [0.717, 1.165) is 38.8 Å². The molecule has 1 fully saturated rings. The molecule has 18 nitrogen and oxygen atoms in total. The number of thioether (sulfide) groups is 1. The molecule has 4 aromatic rings. The number of thiazole rings is 1. The van der Waals surface area contributed by atoms with Crippen LogP contribution in [0.2, 0.25) is 5.02 Å².